The molecule has 1 amide bonds. The Morgan fingerprint density at radius 3 is 2.33 bits per heavy atom. The second kappa shape index (κ2) is 8.90. The van der Waals surface area contributed by atoms with E-state index in [0.717, 1.165) is 5.56 Å². The van der Waals surface area contributed by atoms with Crippen molar-refractivity contribution in [2.45, 2.75) is 31.7 Å². The predicted octanol–water partition coefficient (Wildman–Crippen LogP) is 5.25. The van der Waals surface area contributed by atoms with Crippen LogP contribution in [0.25, 0.3) is 0 Å². The molecule has 30 heavy (non-hydrogen) atoms. The minimum absolute atomic E-state index is 0.150. The van der Waals surface area contributed by atoms with Crippen molar-refractivity contribution in [1.82, 2.24) is 5.32 Å². The van der Waals surface area contributed by atoms with Gasteiger partial charge in [-0.3, -0.25) is 9.52 Å². The van der Waals surface area contributed by atoms with Gasteiger partial charge in [0, 0.05) is 16.3 Å². The van der Waals surface area contributed by atoms with E-state index in [0.29, 0.717) is 27.4 Å². The van der Waals surface area contributed by atoms with Crippen LogP contribution in [0.5, 0.6) is 0 Å². The molecule has 0 heterocycles. The van der Waals surface area contributed by atoms with E-state index >= 15 is 0 Å². The molecular weight excluding hydrogens is 420 g/mol. The van der Waals surface area contributed by atoms with Gasteiger partial charge < -0.3 is 5.32 Å². The number of anilines is 1. The number of aryl methyl sites for hydroxylation is 2. The van der Waals surface area contributed by atoms with Crippen LogP contribution in [0, 0.1) is 13.8 Å². The van der Waals surface area contributed by atoms with Crippen molar-refractivity contribution < 1.29 is 13.2 Å². The van der Waals surface area contributed by atoms with E-state index in [4.69, 9.17) is 11.6 Å². The molecule has 3 aromatic rings. The van der Waals surface area contributed by atoms with E-state index < -0.39 is 10.0 Å². The highest BCUT2D eigenvalue weighted by molar-refractivity contribution is 7.92. The summed E-state index contributed by atoms with van der Waals surface area (Å²) in [5.41, 5.74) is 2.87. The Morgan fingerprint density at radius 2 is 1.63 bits per heavy atom. The standard InChI is InChI=1S/C23H23ClN2O3S/c1-15-13-22(16(2)12-21(15)24)30(28,29)26-20-11-7-10-19(14-20)23(27)25-17(3)18-8-5-4-6-9-18/h4-14,17,26H,1-3H3,(H,25,27)/t17-/m1/s1. The van der Waals surface area contributed by atoms with Crippen molar-refractivity contribution in [1.29, 1.82) is 0 Å². The maximum atomic E-state index is 12.9. The summed E-state index contributed by atoms with van der Waals surface area (Å²) in [6, 6.07) is 19.0. The zero-order valence-corrected chi connectivity index (χ0v) is 18.5. The molecule has 0 spiro atoms. The number of hydrogen-bond acceptors (Lipinski definition) is 3. The third-order valence-electron chi connectivity index (χ3n) is 4.77. The monoisotopic (exact) mass is 442 g/mol. The fourth-order valence-electron chi connectivity index (χ4n) is 3.08. The van der Waals surface area contributed by atoms with Gasteiger partial charge in [-0.2, -0.15) is 0 Å². The number of carbonyl (C=O) groups is 1. The molecule has 0 saturated heterocycles. The number of benzene rings is 3. The van der Waals surface area contributed by atoms with Gasteiger partial charge in [0.15, 0.2) is 0 Å². The topological polar surface area (TPSA) is 75.3 Å². The molecule has 0 aromatic heterocycles. The number of amides is 1. The van der Waals surface area contributed by atoms with Crippen molar-refractivity contribution in [3.8, 4) is 0 Å². The van der Waals surface area contributed by atoms with E-state index in [2.05, 4.69) is 10.0 Å². The SMILES string of the molecule is Cc1cc(S(=O)(=O)Nc2cccc(C(=O)N[C@H](C)c3ccccc3)c2)c(C)cc1Cl. The average molecular weight is 443 g/mol. The maximum Gasteiger partial charge on any atom is 0.262 e. The van der Waals surface area contributed by atoms with Crippen LogP contribution in [0.4, 0.5) is 5.69 Å². The van der Waals surface area contributed by atoms with Gasteiger partial charge in [-0.25, -0.2) is 8.42 Å². The van der Waals surface area contributed by atoms with Gasteiger partial charge in [0.25, 0.3) is 15.9 Å². The minimum Gasteiger partial charge on any atom is -0.346 e. The molecule has 5 nitrogen and oxygen atoms in total. The first-order valence-electron chi connectivity index (χ1n) is 9.43. The highest BCUT2D eigenvalue weighted by Gasteiger charge is 2.19. The summed E-state index contributed by atoms with van der Waals surface area (Å²) in [7, 11) is -3.83. The first kappa shape index (κ1) is 21.9. The molecule has 0 radical (unpaired) electrons. The van der Waals surface area contributed by atoms with Gasteiger partial charge in [0.2, 0.25) is 0 Å². The van der Waals surface area contributed by atoms with Gasteiger partial charge in [-0.15, -0.1) is 0 Å². The Balaban J connectivity index is 1.80. The molecule has 1 atom stereocenters. The van der Waals surface area contributed by atoms with Crippen molar-refractivity contribution in [3.05, 3.63) is 94.0 Å². The molecule has 0 aliphatic rings. The molecule has 156 valence electrons. The summed E-state index contributed by atoms with van der Waals surface area (Å²) in [4.78, 5) is 12.8. The lowest BCUT2D eigenvalue weighted by molar-refractivity contribution is 0.0940. The lowest BCUT2D eigenvalue weighted by Gasteiger charge is -2.15. The number of halogens is 1. The van der Waals surface area contributed by atoms with Crippen molar-refractivity contribution in [3.63, 3.8) is 0 Å². The van der Waals surface area contributed by atoms with Crippen molar-refractivity contribution in [2.24, 2.45) is 0 Å². The number of hydrogen-bond donors (Lipinski definition) is 2. The number of nitrogens with one attached hydrogen (secondary N) is 2. The molecule has 0 bridgehead atoms. The van der Waals surface area contributed by atoms with Crippen molar-refractivity contribution in [2.75, 3.05) is 4.72 Å². The largest absolute Gasteiger partial charge is 0.346 e. The Kier molecular flexibility index (Phi) is 6.48. The van der Waals surface area contributed by atoms with Gasteiger partial charge in [0.05, 0.1) is 10.9 Å². The summed E-state index contributed by atoms with van der Waals surface area (Å²) in [5, 5.41) is 3.44. The van der Waals surface area contributed by atoms with Crippen molar-refractivity contribution >= 4 is 33.2 Å². The molecule has 0 unspecified atom stereocenters. The predicted molar refractivity (Wildman–Crippen MR) is 120 cm³/mol. The zero-order valence-electron chi connectivity index (χ0n) is 16.9. The minimum atomic E-state index is -3.83. The summed E-state index contributed by atoms with van der Waals surface area (Å²) < 4.78 is 28.3. The molecular formula is C23H23ClN2O3S. The zero-order chi connectivity index (χ0) is 21.9. The summed E-state index contributed by atoms with van der Waals surface area (Å²) in [6.07, 6.45) is 0. The van der Waals surface area contributed by atoms with E-state index in [1.54, 1.807) is 38.1 Å². The van der Waals surface area contributed by atoms with Crippen LogP contribution in [-0.4, -0.2) is 14.3 Å². The lowest BCUT2D eigenvalue weighted by Crippen LogP contribution is -2.26. The fourth-order valence-corrected chi connectivity index (χ4v) is 4.66. The fraction of sp³-hybridized carbons (Fsp3) is 0.174. The van der Waals surface area contributed by atoms with Crippen LogP contribution < -0.4 is 10.0 Å². The molecule has 3 aromatic carbocycles. The highest BCUT2D eigenvalue weighted by Crippen LogP contribution is 2.26. The van der Waals surface area contributed by atoms with Gasteiger partial charge >= 0.3 is 0 Å². The average Bonchev–Trinajstić information content (AvgIpc) is 2.71. The van der Waals surface area contributed by atoms with Crippen LogP contribution in [0.3, 0.4) is 0 Å². The quantitative estimate of drug-likeness (QED) is 0.547. The number of carbonyl (C=O) groups excluding carboxylic acids is 1. The number of sulfonamides is 1. The third kappa shape index (κ3) is 5.01. The smallest absolute Gasteiger partial charge is 0.262 e. The van der Waals surface area contributed by atoms with Gasteiger partial charge in [-0.05, 0) is 67.8 Å². The van der Waals surface area contributed by atoms with Crippen LogP contribution >= 0.6 is 11.6 Å². The summed E-state index contributed by atoms with van der Waals surface area (Å²) in [6.45, 7) is 5.33. The summed E-state index contributed by atoms with van der Waals surface area (Å²) >= 11 is 6.08. The van der Waals surface area contributed by atoms with E-state index in [-0.39, 0.29) is 16.8 Å². The molecule has 7 heteroatoms. The lowest BCUT2D eigenvalue weighted by atomic mass is 10.1. The summed E-state index contributed by atoms with van der Waals surface area (Å²) in [5.74, 6) is -0.286. The van der Waals surface area contributed by atoms with Crippen LogP contribution in [0.15, 0.2) is 71.6 Å². The first-order valence-corrected chi connectivity index (χ1v) is 11.3. The Hall–Kier alpha value is -2.83. The molecule has 0 aliphatic heterocycles. The van der Waals surface area contributed by atoms with E-state index in [9.17, 15) is 13.2 Å². The molecule has 0 aliphatic carbocycles. The maximum absolute atomic E-state index is 12.9. The van der Waals surface area contributed by atoms with E-state index in [1.165, 1.54) is 12.1 Å². The molecule has 0 fully saturated rings. The Morgan fingerprint density at radius 1 is 0.933 bits per heavy atom. The van der Waals surface area contributed by atoms with Gasteiger partial charge in [0.1, 0.15) is 0 Å². The third-order valence-corrected chi connectivity index (χ3v) is 6.70. The second-order valence-corrected chi connectivity index (χ2v) is 9.22. The van der Waals surface area contributed by atoms with Crippen LogP contribution in [-0.2, 0) is 10.0 Å². The normalized spacial score (nSPS) is 12.3. The van der Waals surface area contributed by atoms with Crippen LogP contribution in [0.1, 0.15) is 40.0 Å². The molecule has 2 N–H and O–H groups in total. The number of rotatable bonds is 6. The van der Waals surface area contributed by atoms with Gasteiger partial charge in [-0.1, -0.05) is 48.0 Å². The Labute approximate surface area is 182 Å². The highest BCUT2D eigenvalue weighted by atomic mass is 35.5. The van der Waals surface area contributed by atoms with E-state index in [1.807, 2.05) is 37.3 Å². The second-order valence-electron chi connectivity index (χ2n) is 7.16. The Bertz CT molecular complexity index is 1180. The van der Waals surface area contributed by atoms with Crippen LogP contribution in [0.2, 0.25) is 5.02 Å². The molecule has 3 rings (SSSR count). The molecule has 0 saturated carbocycles. The first-order chi connectivity index (χ1) is 14.2.